The van der Waals surface area contributed by atoms with Crippen molar-refractivity contribution < 1.29 is 4.79 Å². The fourth-order valence-electron chi connectivity index (χ4n) is 2.19. The minimum atomic E-state index is 0.0435. The molecule has 0 fully saturated rings. The maximum absolute atomic E-state index is 12.0. The number of carbonyl (C=O) groups is 1. The van der Waals surface area contributed by atoms with E-state index in [0.29, 0.717) is 22.9 Å². The second-order valence-corrected chi connectivity index (χ2v) is 6.26. The number of carbonyl (C=O) groups excluding carboxylic acids is 1. The van der Waals surface area contributed by atoms with Gasteiger partial charge < -0.3 is 0 Å². The summed E-state index contributed by atoms with van der Waals surface area (Å²) in [7, 11) is 0. The minimum absolute atomic E-state index is 0.0435. The highest BCUT2D eigenvalue weighted by atomic mass is 35.5. The molecule has 0 radical (unpaired) electrons. The fraction of sp³-hybridized carbons (Fsp3) is 0.278. The monoisotopic (exact) mass is 320 g/mol. The normalized spacial score (nSPS) is 10.9. The molecular formula is C18H18Cl2O. The van der Waals surface area contributed by atoms with E-state index in [1.54, 1.807) is 0 Å². The van der Waals surface area contributed by atoms with E-state index in [1.165, 1.54) is 0 Å². The molecule has 0 atom stereocenters. The van der Waals surface area contributed by atoms with Crippen LogP contribution in [0.1, 0.15) is 30.5 Å². The molecular weight excluding hydrogens is 303 g/mol. The molecule has 2 rings (SSSR count). The smallest absolute Gasteiger partial charge is 0.139 e. The Kier molecular flexibility index (Phi) is 5.44. The predicted octanol–water partition coefficient (Wildman–Crippen LogP) is 5.35. The van der Waals surface area contributed by atoms with Crippen LogP contribution < -0.4 is 0 Å². The van der Waals surface area contributed by atoms with E-state index in [2.05, 4.69) is 0 Å². The average molecular weight is 321 g/mol. The first kappa shape index (κ1) is 16.1. The molecule has 2 aromatic carbocycles. The molecule has 2 aromatic rings. The second-order valence-electron chi connectivity index (χ2n) is 5.44. The van der Waals surface area contributed by atoms with Crippen molar-refractivity contribution in [3.05, 3.63) is 69.2 Å². The Morgan fingerprint density at radius 1 is 0.952 bits per heavy atom. The van der Waals surface area contributed by atoms with Gasteiger partial charge in [0.1, 0.15) is 5.78 Å². The second kappa shape index (κ2) is 7.11. The Morgan fingerprint density at radius 2 is 1.52 bits per heavy atom. The molecule has 0 aliphatic heterocycles. The Bertz CT molecular complexity index is 627. The Morgan fingerprint density at radius 3 is 2.10 bits per heavy atom. The average Bonchev–Trinajstić information content (AvgIpc) is 2.44. The molecule has 110 valence electrons. The number of hydrogen-bond donors (Lipinski definition) is 0. The zero-order valence-corrected chi connectivity index (χ0v) is 13.7. The third-order valence-corrected chi connectivity index (χ3v) is 4.26. The molecule has 0 spiro atoms. The molecule has 21 heavy (non-hydrogen) atoms. The number of Topliss-reactive ketones (excluding diaryl/α,β-unsaturated/α-hetero) is 1. The summed E-state index contributed by atoms with van der Waals surface area (Å²) in [5, 5.41) is 1.32. The number of ketones is 1. The van der Waals surface area contributed by atoms with Gasteiger partial charge in [-0.15, -0.1) is 0 Å². The van der Waals surface area contributed by atoms with E-state index in [9.17, 15) is 4.79 Å². The van der Waals surface area contributed by atoms with E-state index < -0.39 is 0 Å². The van der Waals surface area contributed by atoms with Gasteiger partial charge in [0.15, 0.2) is 0 Å². The van der Waals surface area contributed by atoms with Crippen LogP contribution in [0.25, 0.3) is 0 Å². The molecule has 3 heteroatoms. The van der Waals surface area contributed by atoms with Crippen LogP contribution in [0.3, 0.4) is 0 Å². The Hall–Kier alpha value is -1.31. The molecule has 0 heterocycles. The van der Waals surface area contributed by atoms with Gasteiger partial charge in [0, 0.05) is 28.8 Å². The highest BCUT2D eigenvalue weighted by Gasteiger charge is 2.13. The predicted molar refractivity (Wildman–Crippen MR) is 89.3 cm³/mol. The van der Waals surface area contributed by atoms with Crippen molar-refractivity contribution in [1.82, 2.24) is 0 Å². The maximum Gasteiger partial charge on any atom is 0.139 e. The van der Waals surface area contributed by atoms with Gasteiger partial charge >= 0.3 is 0 Å². The van der Waals surface area contributed by atoms with Gasteiger partial charge in [-0.05, 0) is 28.8 Å². The van der Waals surface area contributed by atoms with Gasteiger partial charge in [-0.3, -0.25) is 4.79 Å². The standard InChI is InChI=1S/C18H18Cl2O/c1-12(2)18(21)11-14-7-4-3-6-13(14)10-15-16(19)8-5-9-17(15)20/h3-9,12H,10-11H2,1-2H3. The van der Waals surface area contributed by atoms with Crippen LogP contribution >= 0.6 is 23.2 Å². The highest BCUT2D eigenvalue weighted by molar-refractivity contribution is 6.36. The van der Waals surface area contributed by atoms with Crippen molar-refractivity contribution in [2.75, 3.05) is 0 Å². The van der Waals surface area contributed by atoms with Crippen molar-refractivity contribution in [2.24, 2.45) is 5.92 Å². The van der Waals surface area contributed by atoms with Crippen LogP contribution in [0.5, 0.6) is 0 Å². The highest BCUT2D eigenvalue weighted by Crippen LogP contribution is 2.28. The van der Waals surface area contributed by atoms with Crippen LogP contribution in [-0.2, 0) is 17.6 Å². The summed E-state index contributed by atoms with van der Waals surface area (Å²) in [6, 6.07) is 13.5. The van der Waals surface area contributed by atoms with Crippen LogP contribution in [0.4, 0.5) is 0 Å². The Balaban J connectivity index is 2.31. The van der Waals surface area contributed by atoms with Crippen molar-refractivity contribution >= 4 is 29.0 Å². The van der Waals surface area contributed by atoms with Crippen LogP contribution in [0.2, 0.25) is 10.0 Å². The van der Waals surface area contributed by atoms with Gasteiger partial charge in [0.2, 0.25) is 0 Å². The molecule has 0 aliphatic carbocycles. The lowest BCUT2D eigenvalue weighted by molar-refractivity contribution is -0.121. The number of benzene rings is 2. The van der Waals surface area contributed by atoms with Crippen molar-refractivity contribution in [1.29, 1.82) is 0 Å². The van der Waals surface area contributed by atoms with E-state index >= 15 is 0 Å². The van der Waals surface area contributed by atoms with Gasteiger partial charge in [0.05, 0.1) is 0 Å². The van der Waals surface area contributed by atoms with Crippen molar-refractivity contribution in [2.45, 2.75) is 26.7 Å². The zero-order chi connectivity index (χ0) is 15.4. The fourth-order valence-corrected chi connectivity index (χ4v) is 2.72. The van der Waals surface area contributed by atoms with Gasteiger partial charge in [0.25, 0.3) is 0 Å². The molecule has 0 aromatic heterocycles. The lowest BCUT2D eigenvalue weighted by atomic mass is 9.94. The number of rotatable bonds is 5. The van der Waals surface area contributed by atoms with Gasteiger partial charge in [-0.2, -0.15) is 0 Å². The van der Waals surface area contributed by atoms with E-state index in [1.807, 2.05) is 56.3 Å². The molecule has 1 nitrogen and oxygen atoms in total. The quantitative estimate of drug-likeness (QED) is 0.725. The van der Waals surface area contributed by atoms with Crippen molar-refractivity contribution in [3.63, 3.8) is 0 Å². The maximum atomic E-state index is 12.0. The summed E-state index contributed by atoms with van der Waals surface area (Å²) in [6.07, 6.45) is 1.09. The molecule has 0 saturated carbocycles. The lowest BCUT2D eigenvalue weighted by Gasteiger charge is -2.12. The molecule has 0 aliphatic rings. The first-order valence-electron chi connectivity index (χ1n) is 7.01. The number of hydrogen-bond acceptors (Lipinski definition) is 1. The number of halogens is 2. The third kappa shape index (κ3) is 4.09. The SMILES string of the molecule is CC(C)C(=O)Cc1ccccc1Cc1c(Cl)cccc1Cl. The zero-order valence-electron chi connectivity index (χ0n) is 12.2. The summed E-state index contributed by atoms with van der Waals surface area (Å²) >= 11 is 12.5. The van der Waals surface area contributed by atoms with Crippen LogP contribution in [-0.4, -0.2) is 5.78 Å². The molecule has 0 bridgehead atoms. The molecule has 0 unspecified atom stereocenters. The van der Waals surface area contributed by atoms with E-state index in [0.717, 1.165) is 16.7 Å². The van der Waals surface area contributed by atoms with E-state index in [4.69, 9.17) is 23.2 Å². The largest absolute Gasteiger partial charge is 0.299 e. The lowest BCUT2D eigenvalue weighted by Crippen LogP contribution is -2.11. The molecule has 0 saturated heterocycles. The molecule has 0 N–H and O–H groups in total. The topological polar surface area (TPSA) is 17.1 Å². The third-order valence-electron chi connectivity index (χ3n) is 3.56. The minimum Gasteiger partial charge on any atom is -0.299 e. The summed E-state index contributed by atoms with van der Waals surface area (Å²) in [4.78, 5) is 12.0. The summed E-state index contributed by atoms with van der Waals surface area (Å²) in [5.74, 6) is 0.287. The summed E-state index contributed by atoms with van der Waals surface area (Å²) in [6.45, 7) is 3.85. The Labute approximate surface area is 135 Å². The first-order valence-corrected chi connectivity index (χ1v) is 7.77. The first-order chi connectivity index (χ1) is 9.99. The molecule has 0 amide bonds. The van der Waals surface area contributed by atoms with Gasteiger partial charge in [-0.1, -0.05) is 67.4 Å². The summed E-state index contributed by atoms with van der Waals surface area (Å²) < 4.78 is 0. The van der Waals surface area contributed by atoms with Crippen molar-refractivity contribution in [3.8, 4) is 0 Å². The van der Waals surface area contributed by atoms with Crippen LogP contribution in [0, 0.1) is 5.92 Å². The van der Waals surface area contributed by atoms with Gasteiger partial charge in [-0.25, -0.2) is 0 Å². The van der Waals surface area contributed by atoms with E-state index in [-0.39, 0.29) is 11.7 Å². The van der Waals surface area contributed by atoms with Crippen LogP contribution in [0.15, 0.2) is 42.5 Å². The summed E-state index contributed by atoms with van der Waals surface area (Å²) in [5.41, 5.74) is 3.05.